The molecule has 7 heteroatoms. The summed E-state index contributed by atoms with van der Waals surface area (Å²) < 4.78 is 26.0. The van der Waals surface area contributed by atoms with Crippen molar-refractivity contribution < 1.29 is 24.2 Å². The fraction of sp³-hybridized carbons (Fsp3) is 0.137. The van der Waals surface area contributed by atoms with Crippen molar-refractivity contribution in [3.63, 3.8) is 0 Å². The second-order valence-corrected chi connectivity index (χ2v) is 14.9. The van der Waals surface area contributed by atoms with Crippen molar-refractivity contribution >= 4 is 49.1 Å². The van der Waals surface area contributed by atoms with Crippen LogP contribution in [-0.2, 0) is 20.1 Å². The van der Waals surface area contributed by atoms with E-state index in [0.29, 0.717) is 38.4 Å². The average Bonchev–Trinajstić information content (AvgIpc) is 3.65. The Morgan fingerprint density at radius 3 is 1.91 bits per heavy atom. The number of hydrogen-bond donors (Lipinski definition) is 0. The predicted molar refractivity (Wildman–Crippen MR) is 234 cm³/mol. The summed E-state index contributed by atoms with van der Waals surface area (Å²) >= 11 is 0. The van der Waals surface area contributed by atoms with Crippen molar-refractivity contribution in [3.05, 3.63) is 189 Å². The normalized spacial score (nSPS) is 12.5. The maximum atomic E-state index is 14.2. The van der Waals surface area contributed by atoms with E-state index in [0.717, 1.165) is 39.0 Å². The molecule has 0 unspecified atom stereocenters. The molecule has 6 aromatic carbocycles. The Morgan fingerprint density at radius 1 is 0.655 bits per heavy atom. The number of nitrogens with zero attached hydrogens (tertiary/aromatic N) is 4. The van der Waals surface area contributed by atoms with Gasteiger partial charge in [0.2, 0.25) is 0 Å². The van der Waals surface area contributed by atoms with Crippen molar-refractivity contribution in [1.29, 1.82) is 0 Å². The Balaban J connectivity index is 0.000000255. The van der Waals surface area contributed by atoms with E-state index in [1.54, 1.807) is 18.2 Å². The van der Waals surface area contributed by atoms with Crippen LogP contribution in [0, 0.1) is 19.0 Å². The molecule has 10 rings (SSSR count). The van der Waals surface area contributed by atoms with E-state index in [1.807, 2.05) is 95.4 Å². The van der Waals surface area contributed by atoms with E-state index in [1.165, 1.54) is 17.3 Å². The number of aromatic nitrogens is 4. The molecule has 0 N–H and O–H groups in total. The Kier molecular flexibility index (Phi) is 9.39. The molecule has 0 saturated heterocycles. The number of benzene rings is 6. The van der Waals surface area contributed by atoms with Gasteiger partial charge in [-0.05, 0) is 82.3 Å². The Bertz CT molecular complexity index is 3230. The monoisotopic (exact) mass is 936 g/mol. The van der Waals surface area contributed by atoms with Crippen LogP contribution >= 0.6 is 0 Å². The summed E-state index contributed by atoms with van der Waals surface area (Å²) in [5.74, 6) is 1.18. The molecule has 4 aromatic heterocycles. The van der Waals surface area contributed by atoms with Gasteiger partial charge in [0.15, 0.2) is 5.43 Å². The summed E-state index contributed by atoms with van der Waals surface area (Å²) in [5.41, 5.74) is 9.66. The summed E-state index contributed by atoms with van der Waals surface area (Å²) in [7, 11) is 0. The van der Waals surface area contributed by atoms with Crippen LogP contribution in [0.4, 0.5) is 0 Å². The number of pyridine rings is 3. The minimum Gasteiger partial charge on any atom is -0.342 e. The molecule has 6 nitrogen and oxygen atoms in total. The van der Waals surface area contributed by atoms with E-state index in [9.17, 15) is 9.59 Å². The molecule has 0 spiro atoms. The van der Waals surface area contributed by atoms with Crippen molar-refractivity contribution in [2.24, 2.45) is 0 Å². The van der Waals surface area contributed by atoms with Gasteiger partial charge in [0, 0.05) is 52.4 Å². The van der Waals surface area contributed by atoms with Crippen molar-refractivity contribution in [1.82, 2.24) is 18.9 Å². The van der Waals surface area contributed by atoms with Crippen LogP contribution in [-0.4, -0.2) is 18.9 Å². The van der Waals surface area contributed by atoms with Crippen LogP contribution < -0.4 is 10.9 Å². The molecule has 58 heavy (non-hydrogen) atoms. The first-order valence-electron chi connectivity index (χ1n) is 20.6. The third-order valence-corrected chi connectivity index (χ3v) is 10.6. The number of hydrogen-bond acceptors (Lipinski definition) is 4. The first kappa shape index (κ1) is 34.9. The topological polar surface area (TPSA) is 69.3 Å². The maximum Gasteiger partial charge on any atom is 0.182 e. The van der Waals surface area contributed by atoms with E-state index in [-0.39, 0.29) is 48.4 Å². The summed E-state index contributed by atoms with van der Waals surface area (Å²) in [4.78, 5) is 37.6. The number of para-hydroxylation sites is 5. The molecule has 10 aromatic rings. The van der Waals surface area contributed by atoms with Gasteiger partial charge in [0.25, 0.3) is 0 Å². The van der Waals surface area contributed by atoms with Crippen LogP contribution in [0.1, 0.15) is 60.3 Å². The minimum atomic E-state index is -2.09. The molecule has 0 aliphatic carbocycles. The quantitative estimate of drug-likeness (QED) is 0.0979. The van der Waals surface area contributed by atoms with Gasteiger partial charge in [-0.1, -0.05) is 111 Å². The molecule has 0 bridgehead atoms. The van der Waals surface area contributed by atoms with Gasteiger partial charge in [-0.15, -0.1) is 48.0 Å². The van der Waals surface area contributed by atoms with E-state index in [4.69, 9.17) is 9.10 Å². The van der Waals surface area contributed by atoms with Crippen molar-refractivity contribution in [2.75, 3.05) is 0 Å². The molecule has 0 aliphatic rings. The Hall–Kier alpha value is -6.27. The third kappa shape index (κ3) is 6.51. The zero-order valence-corrected chi connectivity index (χ0v) is 34.8. The molecule has 4 heterocycles. The van der Waals surface area contributed by atoms with Gasteiger partial charge in [-0.25, -0.2) is 0 Å². The number of rotatable bonds is 5. The predicted octanol–water partition coefficient (Wildman–Crippen LogP) is 11.5. The molecule has 287 valence electrons. The molecule has 0 aliphatic heterocycles. The first-order chi connectivity index (χ1) is 28.9. The summed E-state index contributed by atoms with van der Waals surface area (Å²) in [5, 5.41) is 2.06. The maximum absolute atomic E-state index is 14.2. The summed E-state index contributed by atoms with van der Waals surface area (Å²) in [6.07, 6.45) is 1.39. The number of aryl methyl sites for hydroxylation is 1. The fourth-order valence-electron chi connectivity index (χ4n) is 7.95. The van der Waals surface area contributed by atoms with Crippen molar-refractivity contribution in [3.8, 4) is 28.3 Å². The summed E-state index contributed by atoms with van der Waals surface area (Å²) in [6.45, 7) is 6.73. The van der Waals surface area contributed by atoms with Crippen LogP contribution in [0.2, 0.25) is 0 Å². The number of fused-ring (bicyclic) bond motifs is 5. The SMILES string of the molecule is CC(C)c1cccc(C(C)C)c1-n1c(-c2[c-]c3c(=O)c4ccccc4n4c5ccccc5c(=O)c(c2)c34)nc2ccccc21.[2H]C([2H])([2H])c1ccc(-c2[c-]cccc2)nc1.[Ir]. The average molecular weight is 936 g/mol. The van der Waals surface area contributed by atoms with Gasteiger partial charge in [-0.3, -0.25) is 9.78 Å². The summed E-state index contributed by atoms with van der Waals surface area (Å²) in [6, 6.07) is 49.0. The van der Waals surface area contributed by atoms with Crippen LogP contribution in [0.15, 0.2) is 149 Å². The third-order valence-electron chi connectivity index (χ3n) is 10.6. The largest absolute Gasteiger partial charge is 0.342 e. The van der Waals surface area contributed by atoms with Crippen molar-refractivity contribution in [2.45, 2.75) is 46.4 Å². The Morgan fingerprint density at radius 2 is 1.29 bits per heavy atom. The molecule has 0 amide bonds. The van der Waals surface area contributed by atoms with Gasteiger partial charge in [-0.2, -0.15) is 0 Å². The molecule has 0 fully saturated rings. The van der Waals surface area contributed by atoms with E-state index >= 15 is 0 Å². The molecule has 0 atom stereocenters. The van der Waals surface area contributed by atoms with Crippen LogP contribution in [0.3, 0.4) is 0 Å². The van der Waals surface area contributed by atoms with E-state index in [2.05, 4.69) is 73.6 Å². The van der Waals surface area contributed by atoms with Crippen LogP contribution in [0.5, 0.6) is 0 Å². The van der Waals surface area contributed by atoms with Gasteiger partial charge < -0.3 is 18.7 Å². The Labute approximate surface area is 354 Å². The van der Waals surface area contributed by atoms with Gasteiger partial charge >= 0.3 is 0 Å². The molecule has 1 radical (unpaired) electrons. The zero-order chi connectivity index (χ0) is 41.9. The molecule has 0 saturated carbocycles. The van der Waals surface area contributed by atoms with Gasteiger partial charge in [0.05, 0.1) is 22.4 Å². The zero-order valence-electron chi connectivity index (χ0n) is 35.4. The molecular formula is C51H40IrN4O2-2. The minimum absolute atomic E-state index is 0. The van der Waals surface area contributed by atoms with Gasteiger partial charge in [0.1, 0.15) is 5.43 Å². The molecular weight excluding hydrogens is 893 g/mol. The number of imidazole rings is 1. The smallest absolute Gasteiger partial charge is 0.182 e. The van der Waals surface area contributed by atoms with E-state index < -0.39 is 6.85 Å². The fourth-order valence-corrected chi connectivity index (χ4v) is 7.95. The standard InChI is InChI=1S/C39H30N3O2.C12H10N.Ir/c1-22(2)25-14-11-15-26(23(3)4)35(25)42-34-19-10-7-16-31(34)40-39(42)24-20-29-36-30(21-24)38(44)28-13-6-9-18-33(28)41(36)32-17-8-5-12-27(32)37(29)43;1-10-7-8-12(13-9-10)11-5-3-2-4-6-11;/h5-20,22-23H,1-4H3;2-5,7-9H,1H3;/q2*-1;/i;1D3;. The second kappa shape index (κ2) is 15.6. The first-order valence-corrected chi connectivity index (χ1v) is 19.1. The second-order valence-electron chi connectivity index (χ2n) is 14.9. The van der Waals surface area contributed by atoms with Crippen LogP contribution in [0.25, 0.3) is 77.5 Å².